The van der Waals surface area contributed by atoms with Crippen LogP contribution in [0.1, 0.15) is 24.4 Å². The van der Waals surface area contributed by atoms with E-state index in [1.54, 1.807) is 12.4 Å². The summed E-state index contributed by atoms with van der Waals surface area (Å²) in [6.45, 7) is 1.98. The van der Waals surface area contributed by atoms with Crippen LogP contribution in [0.3, 0.4) is 0 Å². The maximum Gasteiger partial charge on any atom is 0.154 e. The third-order valence-corrected chi connectivity index (χ3v) is 3.10. The Hall–Kier alpha value is -1.87. The van der Waals surface area contributed by atoms with E-state index in [-0.39, 0.29) is 6.04 Å². The second-order valence-corrected chi connectivity index (χ2v) is 4.88. The van der Waals surface area contributed by atoms with Gasteiger partial charge in [-0.15, -0.1) is 10.2 Å². The summed E-state index contributed by atoms with van der Waals surface area (Å²) in [5.74, 6) is 0.818. The Labute approximate surface area is 114 Å². The Morgan fingerprint density at radius 1 is 1.50 bits per heavy atom. The quantitative estimate of drug-likeness (QED) is 0.946. The lowest BCUT2D eigenvalue weighted by Crippen LogP contribution is -2.12. The van der Waals surface area contributed by atoms with E-state index in [0.29, 0.717) is 5.56 Å². The predicted molar refractivity (Wildman–Crippen MR) is 71.9 cm³/mol. The Morgan fingerprint density at radius 2 is 2.28 bits per heavy atom. The zero-order valence-electron chi connectivity index (χ0n) is 10.1. The first-order valence-electron chi connectivity index (χ1n) is 5.42. The first-order chi connectivity index (χ1) is 8.61. The summed E-state index contributed by atoms with van der Waals surface area (Å²) in [6, 6.07) is 7.63. The molecule has 1 heterocycles. The summed E-state index contributed by atoms with van der Waals surface area (Å²) < 4.78 is 2.77. The molecule has 1 atom stereocenters. The fraction of sp³-hybridized carbons (Fsp3) is 0.250. The number of aromatic nitrogens is 3. The minimum Gasteiger partial charge on any atom is -0.374 e. The van der Waals surface area contributed by atoms with Crippen molar-refractivity contribution in [2.24, 2.45) is 7.05 Å². The average molecular weight is 306 g/mol. The molecule has 0 radical (unpaired) electrons. The standard InChI is InChI=1S/C12H12BrN5/c1-8(12-17-15-7-18(12)2)16-11-5-10(13)4-3-9(11)6-14/h3-5,7-8,16H,1-2H3. The minimum atomic E-state index is -0.0288. The average Bonchev–Trinajstić information content (AvgIpc) is 2.76. The van der Waals surface area contributed by atoms with Crippen molar-refractivity contribution in [1.82, 2.24) is 14.8 Å². The number of benzene rings is 1. The van der Waals surface area contributed by atoms with E-state index in [9.17, 15) is 0 Å². The summed E-state index contributed by atoms with van der Waals surface area (Å²) in [7, 11) is 1.89. The van der Waals surface area contributed by atoms with Gasteiger partial charge in [0.15, 0.2) is 5.82 Å². The second-order valence-electron chi connectivity index (χ2n) is 3.97. The Balaban J connectivity index is 2.27. The topological polar surface area (TPSA) is 66.5 Å². The first kappa shape index (κ1) is 12.6. The summed E-state index contributed by atoms with van der Waals surface area (Å²) in [5, 5.41) is 20.2. The van der Waals surface area contributed by atoms with Crippen LogP contribution in [0.15, 0.2) is 29.0 Å². The normalized spacial score (nSPS) is 11.9. The molecule has 0 amide bonds. The van der Waals surface area contributed by atoms with E-state index < -0.39 is 0 Å². The molecular weight excluding hydrogens is 294 g/mol. The third kappa shape index (κ3) is 2.51. The van der Waals surface area contributed by atoms with Crippen molar-refractivity contribution in [3.05, 3.63) is 40.4 Å². The molecule has 92 valence electrons. The number of hydrogen-bond acceptors (Lipinski definition) is 4. The van der Waals surface area contributed by atoms with Gasteiger partial charge in [0.2, 0.25) is 0 Å². The number of halogens is 1. The van der Waals surface area contributed by atoms with Crippen LogP contribution in [0.5, 0.6) is 0 Å². The highest BCUT2D eigenvalue weighted by Crippen LogP contribution is 2.24. The van der Waals surface area contributed by atoms with E-state index in [2.05, 4.69) is 37.5 Å². The second kappa shape index (κ2) is 5.19. The van der Waals surface area contributed by atoms with Gasteiger partial charge in [-0.3, -0.25) is 0 Å². The van der Waals surface area contributed by atoms with Gasteiger partial charge in [0.1, 0.15) is 12.4 Å². The molecule has 18 heavy (non-hydrogen) atoms. The number of rotatable bonds is 3. The lowest BCUT2D eigenvalue weighted by Gasteiger charge is -2.15. The van der Waals surface area contributed by atoms with Crippen LogP contribution in [-0.4, -0.2) is 14.8 Å². The van der Waals surface area contributed by atoms with Crippen LogP contribution >= 0.6 is 15.9 Å². The van der Waals surface area contributed by atoms with Crippen LogP contribution in [0.2, 0.25) is 0 Å². The fourth-order valence-corrected chi connectivity index (χ4v) is 2.08. The van der Waals surface area contributed by atoms with Crippen molar-refractivity contribution in [2.75, 3.05) is 5.32 Å². The maximum absolute atomic E-state index is 9.07. The molecule has 1 N–H and O–H groups in total. The van der Waals surface area contributed by atoms with E-state index in [1.807, 2.05) is 30.7 Å². The highest BCUT2D eigenvalue weighted by atomic mass is 79.9. The van der Waals surface area contributed by atoms with Crippen LogP contribution in [0, 0.1) is 11.3 Å². The van der Waals surface area contributed by atoms with Gasteiger partial charge in [-0.1, -0.05) is 15.9 Å². The molecule has 2 aromatic rings. The Bertz CT molecular complexity index is 599. The van der Waals surface area contributed by atoms with Crippen molar-refractivity contribution in [1.29, 1.82) is 5.26 Å². The van der Waals surface area contributed by atoms with Gasteiger partial charge in [-0.25, -0.2) is 0 Å². The van der Waals surface area contributed by atoms with Crippen molar-refractivity contribution >= 4 is 21.6 Å². The molecule has 1 aromatic carbocycles. The van der Waals surface area contributed by atoms with E-state index >= 15 is 0 Å². The Kier molecular flexibility index (Phi) is 3.63. The Morgan fingerprint density at radius 3 is 2.89 bits per heavy atom. The van der Waals surface area contributed by atoms with Crippen LogP contribution in [-0.2, 0) is 7.05 Å². The number of hydrogen-bond donors (Lipinski definition) is 1. The van der Waals surface area contributed by atoms with Gasteiger partial charge in [-0.2, -0.15) is 5.26 Å². The fourth-order valence-electron chi connectivity index (χ4n) is 1.72. The number of nitrogens with zero attached hydrogens (tertiary/aromatic N) is 4. The number of nitrogens with one attached hydrogen (secondary N) is 1. The van der Waals surface area contributed by atoms with Crippen molar-refractivity contribution in [3.63, 3.8) is 0 Å². The number of anilines is 1. The molecule has 0 bridgehead atoms. The molecule has 0 saturated carbocycles. The largest absolute Gasteiger partial charge is 0.374 e. The number of nitriles is 1. The molecule has 6 heteroatoms. The SMILES string of the molecule is CC(Nc1cc(Br)ccc1C#N)c1nncn1C. The van der Waals surface area contributed by atoms with E-state index in [1.165, 1.54) is 0 Å². The van der Waals surface area contributed by atoms with E-state index in [4.69, 9.17) is 5.26 Å². The minimum absolute atomic E-state index is 0.0288. The third-order valence-electron chi connectivity index (χ3n) is 2.61. The van der Waals surface area contributed by atoms with Crippen molar-refractivity contribution in [2.45, 2.75) is 13.0 Å². The highest BCUT2D eigenvalue weighted by Gasteiger charge is 2.13. The lowest BCUT2D eigenvalue weighted by atomic mass is 10.1. The van der Waals surface area contributed by atoms with Crippen molar-refractivity contribution < 1.29 is 0 Å². The van der Waals surface area contributed by atoms with Crippen LogP contribution in [0.4, 0.5) is 5.69 Å². The smallest absolute Gasteiger partial charge is 0.154 e. The van der Waals surface area contributed by atoms with Gasteiger partial charge < -0.3 is 9.88 Å². The molecule has 2 rings (SSSR count). The van der Waals surface area contributed by atoms with Crippen LogP contribution < -0.4 is 5.32 Å². The van der Waals surface area contributed by atoms with Gasteiger partial charge in [0.25, 0.3) is 0 Å². The molecule has 0 spiro atoms. The number of aryl methyl sites for hydroxylation is 1. The van der Waals surface area contributed by atoms with Crippen molar-refractivity contribution in [3.8, 4) is 6.07 Å². The molecule has 1 unspecified atom stereocenters. The molecule has 0 aliphatic carbocycles. The lowest BCUT2D eigenvalue weighted by molar-refractivity contribution is 0.719. The molecule has 0 saturated heterocycles. The maximum atomic E-state index is 9.07. The summed E-state index contributed by atoms with van der Waals surface area (Å²) >= 11 is 3.40. The molecule has 0 aliphatic rings. The summed E-state index contributed by atoms with van der Waals surface area (Å²) in [5.41, 5.74) is 1.38. The summed E-state index contributed by atoms with van der Waals surface area (Å²) in [4.78, 5) is 0. The molecule has 0 fully saturated rings. The van der Waals surface area contributed by atoms with Crippen LogP contribution in [0.25, 0.3) is 0 Å². The van der Waals surface area contributed by atoms with Gasteiger partial charge >= 0.3 is 0 Å². The zero-order valence-corrected chi connectivity index (χ0v) is 11.6. The molecular formula is C12H12BrN5. The first-order valence-corrected chi connectivity index (χ1v) is 6.21. The summed E-state index contributed by atoms with van der Waals surface area (Å²) in [6.07, 6.45) is 1.65. The monoisotopic (exact) mass is 305 g/mol. The van der Waals surface area contributed by atoms with Gasteiger partial charge in [0.05, 0.1) is 17.3 Å². The highest BCUT2D eigenvalue weighted by molar-refractivity contribution is 9.10. The molecule has 0 aliphatic heterocycles. The molecule has 1 aromatic heterocycles. The van der Waals surface area contributed by atoms with E-state index in [0.717, 1.165) is 16.0 Å². The van der Waals surface area contributed by atoms with Gasteiger partial charge in [-0.05, 0) is 25.1 Å². The van der Waals surface area contributed by atoms with Gasteiger partial charge in [0, 0.05) is 11.5 Å². The molecule has 5 nitrogen and oxygen atoms in total. The predicted octanol–water partition coefficient (Wildman–Crippen LogP) is 2.62. The zero-order chi connectivity index (χ0) is 13.1.